The maximum absolute atomic E-state index is 12.2. The van der Waals surface area contributed by atoms with Crippen LogP contribution < -0.4 is 4.74 Å². The number of aryl methyl sites for hydroxylation is 2. The van der Waals surface area contributed by atoms with Crippen molar-refractivity contribution in [3.05, 3.63) is 28.8 Å². The second-order valence-corrected chi connectivity index (χ2v) is 3.58. The summed E-state index contributed by atoms with van der Waals surface area (Å²) in [5.41, 5.74) is 1.71. The Labute approximate surface area is 93.2 Å². The summed E-state index contributed by atoms with van der Waals surface area (Å²) in [5, 5.41) is 0. The molecule has 0 unspecified atom stereocenters. The zero-order valence-electron chi connectivity index (χ0n) is 9.51. The van der Waals surface area contributed by atoms with Crippen LogP contribution in [0, 0.1) is 6.92 Å². The minimum absolute atomic E-state index is 0.0142. The van der Waals surface area contributed by atoms with Gasteiger partial charge in [-0.1, -0.05) is 13.0 Å². The Bertz CT molecular complexity index is 400. The van der Waals surface area contributed by atoms with Gasteiger partial charge in [0.25, 0.3) is 0 Å². The lowest BCUT2D eigenvalue weighted by Gasteiger charge is -2.13. The van der Waals surface area contributed by atoms with Crippen LogP contribution in [0.2, 0.25) is 0 Å². The summed E-state index contributed by atoms with van der Waals surface area (Å²) in [6, 6.07) is 3.36. The zero-order chi connectivity index (χ0) is 12.3. The third kappa shape index (κ3) is 2.78. The highest BCUT2D eigenvalue weighted by Gasteiger charge is 2.16. The minimum Gasteiger partial charge on any atom is -0.434 e. The first kappa shape index (κ1) is 12.6. The van der Waals surface area contributed by atoms with Crippen LogP contribution in [-0.4, -0.2) is 12.4 Å². The molecule has 0 fully saturated rings. The molecule has 0 atom stereocenters. The molecule has 0 aliphatic carbocycles. The van der Waals surface area contributed by atoms with E-state index in [1.54, 1.807) is 19.1 Å². The lowest BCUT2D eigenvalue weighted by atomic mass is 10.0. The Balaban J connectivity index is 3.28. The van der Waals surface area contributed by atoms with Crippen LogP contribution in [0.25, 0.3) is 0 Å². The first-order chi connectivity index (χ1) is 7.45. The molecule has 1 aromatic rings. The van der Waals surface area contributed by atoms with Crippen LogP contribution in [0.4, 0.5) is 8.78 Å². The molecule has 4 heteroatoms. The molecule has 1 rings (SSSR count). The van der Waals surface area contributed by atoms with E-state index in [2.05, 4.69) is 4.74 Å². The van der Waals surface area contributed by atoms with E-state index in [1.807, 2.05) is 6.92 Å². The molecule has 0 saturated carbocycles. The van der Waals surface area contributed by atoms with Crippen molar-refractivity contribution >= 4 is 5.78 Å². The van der Waals surface area contributed by atoms with Gasteiger partial charge < -0.3 is 4.74 Å². The van der Waals surface area contributed by atoms with Crippen molar-refractivity contribution < 1.29 is 18.3 Å². The highest BCUT2D eigenvalue weighted by molar-refractivity contribution is 5.97. The first-order valence-electron chi connectivity index (χ1n) is 5.05. The normalized spacial score (nSPS) is 10.6. The molecule has 0 aromatic heterocycles. The van der Waals surface area contributed by atoms with E-state index in [0.717, 1.165) is 12.0 Å². The number of carbonyl (C=O) groups is 1. The van der Waals surface area contributed by atoms with Gasteiger partial charge in [0.1, 0.15) is 5.75 Å². The predicted molar refractivity (Wildman–Crippen MR) is 57.2 cm³/mol. The first-order valence-corrected chi connectivity index (χ1v) is 5.05. The fourth-order valence-electron chi connectivity index (χ4n) is 1.56. The monoisotopic (exact) mass is 228 g/mol. The number of Topliss-reactive ketones (excluding diaryl/α,β-unsaturated/α-hetero) is 1. The van der Waals surface area contributed by atoms with Crippen molar-refractivity contribution in [2.24, 2.45) is 0 Å². The number of ether oxygens (including phenoxy) is 1. The smallest absolute Gasteiger partial charge is 0.387 e. The van der Waals surface area contributed by atoms with Gasteiger partial charge in [0.05, 0.1) is 5.56 Å². The number of rotatable bonds is 4. The SMILES string of the molecule is CCc1cc(C)c(OC(F)F)c(C(C)=O)c1. The molecule has 0 bridgehead atoms. The van der Waals surface area contributed by atoms with Crippen molar-refractivity contribution in [2.75, 3.05) is 0 Å². The average molecular weight is 228 g/mol. The number of alkyl halides is 2. The molecule has 2 nitrogen and oxygen atoms in total. The van der Waals surface area contributed by atoms with Crippen LogP contribution in [0.3, 0.4) is 0 Å². The van der Waals surface area contributed by atoms with E-state index in [1.165, 1.54) is 6.92 Å². The standard InChI is InChI=1S/C12H14F2O2/c1-4-9-5-7(2)11(16-12(13)14)10(6-9)8(3)15/h5-6,12H,4H2,1-3H3. The van der Waals surface area contributed by atoms with E-state index in [9.17, 15) is 13.6 Å². The molecular weight excluding hydrogens is 214 g/mol. The number of hydrogen-bond acceptors (Lipinski definition) is 2. The molecule has 0 spiro atoms. The predicted octanol–water partition coefficient (Wildman–Crippen LogP) is 3.36. The van der Waals surface area contributed by atoms with Crippen LogP contribution in [0.1, 0.15) is 35.3 Å². The molecule has 0 aliphatic rings. The molecule has 0 radical (unpaired) electrons. The van der Waals surface area contributed by atoms with E-state index in [0.29, 0.717) is 5.56 Å². The van der Waals surface area contributed by atoms with Gasteiger partial charge in [0.2, 0.25) is 0 Å². The van der Waals surface area contributed by atoms with Gasteiger partial charge in [-0.2, -0.15) is 8.78 Å². The summed E-state index contributed by atoms with van der Waals surface area (Å²) in [6.45, 7) is 2.02. The Morgan fingerprint density at radius 3 is 2.50 bits per heavy atom. The van der Waals surface area contributed by atoms with Gasteiger partial charge in [-0.15, -0.1) is 0 Å². The number of carbonyl (C=O) groups excluding carboxylic acids is 1. The fraction of sp³-hybridized carbons (Fsp3) is 0.417. The van der Waals surface area contributed by atoms with E-state index in [-0.39, 0.29) is 17.1 Å². The number of ketones is 1. The number of benzene rings is 1. The fourth-order valence-corrected chi connectivity index (χ4v) is 1.56. The van der Waals surface area contributed by atoms with E-state index < -0.39 is 6.61 Å². The molecule has 88 valence electrons. The molecule has 0 N–H and O–H groups in total. The van der Waals surface area contributed by atoms with Gasteiger partial charge in [0.15, 0.2) is 5.78 Å². The van der Waals surface area contributed by atoms with Crippen LogP contribution in [0.15, 0.2) is 12.1 Å². The van der Waals surface area contributed by atoms with Crippen LogP contribution in [0.5, 0.6) is 5.75 Å². The minimum atomic E-state index is -2.91. The van der Waals surface area contributed by atoms with E-state index >= 15 is 0 Å². The zero-order valence-corrected chi connectivity index (χ0v) is 9.51. The van der Waals surface area contributed by atoms with Crippen molar-refractivity contribution in [2.45, 2.75) is 33.8 Å². The maximum atomic E-state index is 12.2. The summed E-state index contributed by atoms with van der Waals surface area (Å²) in [5.74, 6) is -0.284. The quantitative estimate of drug-likeness (QED) is 0.738. The number of halogens is 2. The topological polar surface area (TPSA) is 26.3 Å². The summed E-state index contributed by atoms with van der Waals surface area (Å²) in [6.07, 6.45) is 0.746. The lowest BCUT2D eigenvalue weighted by Crippen LogP contribution is -2.08. The Morgan fingerprint density at radius 2 is 2.06 bits per heavy atom. The summed E-state index contributed by atoms with van der Waals surface area (Å²) < 4.78 is 28.8. The molecule has 1 aromatic carbocycles. The third-order valence-electron chi connectivity index (χ3n) is 2.33. The largest absolute Gasteiger partial charge is 0.434 e. The Morgan fingerprint density at radius 1 is 1.44 bits per heavy atom. The lowest BCUT2D eigenvalue weighted by molar-refractivity contribution is -0.0505. The molecule has 0 aliphatic heterocycles. The second-order valence-electron chi connectivity index (χ2n) is 3.58. The highest BCUT2D eigenvalue weighted by Crippen LogP contribution is 2.27. The summed E-state index contributed by atoms with van der Waals surface area (Å²) >= 11 is 0. The third-order valence-corrected chi connectivity index (χ3v) is 2.33. The van der Waals surface area contributed by atoms with Crippen LogP contribution >= 0.6 is 0 Å². The second kappa shape index (κ2) is 5.05. The molecule has 16 heavy (non-hydrogen) atoms. The van der Waals surface area contributed by atoms with Gasteiger partial charge in [-0.25, -0.2) is 0 Å². The molecular formula is C12H14F2O2. The van der Waals surface area contributed by atoms with E-state index in [4.69, 9.17) is 0 Å². The molecule has 0 saturated heterocycles. The summed E-state index contributed by atoms with van der Waals surface area (Å²) in [4.78, 5) is 11.3. The maximum Gasteiger partial charge on any atom is 0.387 e. The average Bonchev–Trinajstić information content (AvgIpc) is 2.19. The van der Waals surface area contributed by atoms with Gasteiger partial charge >= 0.3 is 6.61 Å². The Hall–Kier alpha value is -1.45. The van der Waals surface area contributed by atoms with Crippen LogP contribution in [-0.2, 0) is 6.42 Å². The van der Waals surface area contributed by atoms with Gasteiger partial charge in [0, 0.05) is 0 Å². The van der Waals surface area contributed by atoms with Crippen molar-refractivity contribution in [1.82, 2.24) is 0 Å². The van der Waals surface area contributed by atoms with Crippen molar-refractivity contribution in [3.8, 4) is 5.75 Å². The van der Waals surface area contributed by atoms with Gasteiger partial charge in [-0.3, -0.25) is 4.79 Å². The van der Waals surface area contributed by atoms with Crippen molar-refractivity contribution in [1.29, 1.82) is 0 Å². The highest BCUT2D eigenvalue weighted by atomic mass is 19.3. The van der Waals surface area contributed by atoms with Crippen molar-refractivity contribution in [3.63, 3.8) is 0 Å². The molecule has 0 amide bonds. The van der Waals surface area contributed by atoms with Gasteiger partial charge in [-0.05, 0) is 37.5 Å². The molecule has 0 heterocycles. The number of hydrogen-bond donors (Lipinski definition) is 0. The summed E-state index contributed by atoms with van der Waals surface area (Å²) in [7, 11) is 0. The Kier molecular flexibility index (Phi) is 3.99.